The summed E-state index contributed by atoms with van der Waals surface area (Å²) in [7, 11) is -5.10. The lowest BCUT2D eigenvalue weighted by Gasteiger charge is -2.32. The molecule has 113 heavy (non-hydrogen) atoms. The fraction of sp³-hybridized carbons (Fsp3) is 0.676. The summed E-state index contributed by atoms with van der Waals surface area (Å²) in [6.45, 7) is 30.4. The fourth-order valence-electron chi connectivity index (χ4n) is 14.5. The third kappa shape index (κ3) is 23.5. The van der Waals surface area contributed by atoms with Crippen molar-refractivity contribution in [2.24, 2.45) is 33.4 Å². The fourth-order valence-corrected chi connectivity index (χ4v) is 14.8. The second kappa shape index (κ2) is 43.9. The summed E-state index contributed by atoms with van der Waals surface area (Å²) in [5.41, 5.74) is 15.5. The predicted molar refractivity (Wildman–Crippen MR) is 394 cm³/mol. The quantitative estimate of drug-likeness (QED) is 0.0177. The molecule has 44 nitrogen and oxygen atoms in total. The van der Waals surface area contributed by atoms with Gasteiger partial charge in [-0.2, -0.15) is 34.7 Å². The third-order valence-corrected chi connectivity index (χ3v) is 20.3. The van der Waals surface area contributed by atoms with Crippen LogP contribution in [0.5, 0.6) is 0 Å². The van der Waals surface area contributed by atoms with E-state index in [-0.39, 0.29) is 143 Å². The summed E-state index contributed by atoms with van der Waals surface area (Å²) < 4.78 is 36.5. The van der Waals surface area contributed by atoms with Crippen molar-refractivity contribution in [1.82, 2.24) is 59.8 Å². The predicted octanol–water partition coefficient (Wildman–Crippen LogP) is -1.06. The number of Topliss-reactive ketones (excluding diaryl/α,β-unsaturated/α-hetero) is 1. The second-order valence-electron chi connectivity index (χ2n) is 27.3. The molecule has 0 radical (unpaired) electrons. The van der Waals surface area contributed by atoms with E-state index in [9.17, 15) is 76.2 Å². The van der Waals surface area contributed by atoms with Crippen molar-refractivity contribution < 1.29 is 124 Å². The first kappa shape index (κ1) is 92.6. The van der Waals surface area contributed by atoms with Crippen LogP contribution in [0.4, 0.5) is 28.8 Å². The van der Waals surface area contributed by atoms with Crippen LogP contribution in [0.1, 0.15) is 105 Å². The number of fused-ring (bicyclic) bond motifs is 12. The number of hydroxylamine groups is 12. The normalized spacial score (nSPS) is 28.8. The molecule has 12 rings (SSSR count). The Labute approximate surface area is 654 Å². The van der Waals surface area contributed by atoms with Crippen LogP contribution in [0.2, 0.25) is 0 Å². The first-order valence-corrected chi connectivity index (χ1v) is 38.3. The summed E-state index contributed by atoms with van der Waals surface area (Å²) in [4.78, 5) is 165. The van der Waals surface area contributed by atoms with Crippen LogP contribution in [0, 0.1) is 0 Å². The number of nitrogens with zero attached hydrogens (tertiary/aromatic N) is 14. The van der Waals surface area contributed by atoms with E-state index in [1.54, 1.807) is 54.9 Å². The highest BCUT2D eigenvalue weighted by molar-refractivity contribution is 7.80. The number of hydrogen-bond acceptors (Lipinski definition) is 29. The molecule has 45 heteroatoms. The number of amides is 15. The molecule has 634 valence electrons. The smallest absolute Gasteiger partial charge is 0.346 e. The number of carbonyl (C=O) groups is 10. The molecular formula is C68H109N18O26S-. The Bertz CT molecular complexity index is 3390. The van der Waals surface area contributed by atoms with Gasteiger partial charge in [-0.3, -0.25) is 48.2 Å². The highest BCUT2D eigenvalue weighted by atomic mass is 32.3. The lowest BCUT2D eigenvalue weighted by atomic mass is 9.96. The van der Waals surface area contributed by atoms with Crippen molar-refractivity contribution in [1.29, 1.82) is 0 Å². The SMILES string of the molecule is C=CCON1C(=O)N2C[C@H]1C(=NOCC(N)=O)C[C@H]2CC.C=CCON1C(=O)N2C[C@H]1C(=O)C[C@H]2CC.C=CCON1C(=O)N2C[C@H]1[C@@H](O)C[C@H]2CC.C=CCON1C(=O)N2C[C@H]1[C@@H](O)C[C@H]2CC.C=CCON1C(=O)N2C[C@H]1[C@@H](O)C[C@H]2CO.CC[C@@H]1CC(=NOCC(N)=O)[C@@H]2CN1C(=O)N2OS(=O)(=O)[O-].NOCC(N)=O. The second-order valence-corrected chi connectivity index (χ2v) is 28.2. The van der Waals surface area contributed by atoms with Crippen molar-refractivity contribution in [2.45, 2.75) is 196 Å². The average molecular weight is 1630 g/mol. The minimum atomic E-state index is -5.10. The molecule has 0 aromatic heterocycles. The molecule has 0 spiro atoms. The minimum Gasteiger partial charge on any atom is -0.724 e. The zero-order chi connectivity index (χ0) is 83.7. The molecule has 12 fully saturated rings. The van der Waals surface area contributed by atoms with E-state index in [2.05, 4.69) is 64.0 Å². The number of ketones is 1. The molecule has 12 aliphatic heterocycles. The van der Waals surface area contributed by atoms with Crippen molar-refractivity contribution in [3.05, 3.63) is 63.3 Å². The van der Waals surface area contributed by atoms with Crippen LogP contribution in [0.15, 0.2) is 73.6 Å². The first-order valence-electron chi connectivity index (χ1n) is 37.0. The van der Waals surface area contributed by atoms with Gasteiger partial charge in [-0.15, -0.1) is 32.9 Å². The van der Waals surface area contributed by atoms with Gasteiger partial charge in [0.25, 0.3) is 11.8 Å². The molecule has 12 bridgehead atoms. The maximum Gasteiger partial charge on any atom is 0.346 e. The van der Waals surface area contributed by atoms with Crippen molar-refractivity contribution in [3.63, 3.8) is 0 Å². The van der Waals surface area contributed by atoms with Gasteiger partial charge < -0.3 is 81.3 Å². The molecule has 0 aromatic rings. The van der Waals surface area contributed by atoms with E-state index in [0.29, 0.717) is 107 Å². The van der Waals surface area contributed by atoms with Gasteiger partial charge in [-0.05, 0) is 51.4 Å². The van der Waals surface area contributed by atoms with Crippen LogP contribution in [-0.4, -0.2) is 354 Å². The van der Waals surface area contributed by atoms with Crippen LogP contribution in [-0.2, 0) is 72.6 Å². The van der Waals surface area contributed by atoms with Gasteiger partial charge in [-0.25, -0.2) is 43.1 Å². The minimum absolute atomic E-state index is 0.0357. The number of carbonyl (C=O) groups excluding carboxylic acids is 10. The first-order chi connectivity index (χ1) is 53.8. The van der Waals surface area contributed by atoms with Gasteiger partial charge >= 0.3 is 36.2 Å². The summed E-state index contributed by atoms with van der Waals surface area (Å²) >= 11 is 0. The number of oxime groups is 2. The average Bonchev–Trinajstić information content (AvgIpc) is 1.65. The van der Waals surface area contributed by atoms with E-state index in [1.807, 2.05) is 34.6 Å². The number of nitrogens with two attached hydrogens (primary N) is 4. The Morgan fingerprint density at radius 2 is 0.726 bits per heavy atom. The Kier molecular flexibility index (Phi) is 36.0. The topological polar surface area (TPSA) is 560 Å². The largest absolute Gasteiger partial charge is 0.724 e. The van der Waals surface area contributed by atoms with Crippen LogP contribution >= 0.6 is 0 Å². The van der Waals surface area contributed by atoms with Crippen molar-refractivity contribution >= 4 is 81.5 Å². The van der Waals surface area contributed by atoms with Gasteiger partial charge in [0.15, 0.2) is 19.0 Å². The summed E-state index contributed by atoms with van der Waals surface area (Å²) in [6.07, 6.45) is 13.2. The molecule has 12 N–H and O–H groups in total. The van der Waals surface area contributed by atoms with Gasteiger partial charge in [0.2, 0.25) is 16.3 Å². The number of piperidine rings is 6. The van der Waals surface area contributed by atoms with Crippen LogP contribution in [0.25, 0.3) is 0 Å². The number of primary amides is 3. The number of urea groups is 6. The van der Waals surface area contributed by atoms with E-state index >= 15 is 0 Å². The molecule has 12 heterocycles. The molecule has 15 atom stereocenters. The number of aliphatic hydroxyl groups is 4. The van der Waals surface area contributed by atoms with Gasteiger partial charge in [-0.1, -0.05) is 75.3 Å². The molecule has 12 aliphatic rings. The summed E-state index contributed by atoms with van der Waals surface area (Å²) in [6, 6.07) is -4.19. The molecular weight excluding hydrogens is 1520 g/mol. The maximum atomic E-state index is 12.3. The van der Waals surface area contributed by atoms with Crippen LogP contribution < -0.4 is 23.1 Å². The van der Waals surface area contributed by atoms with E-state index in [4.69, 9.17) is 50.4 Å². The lowest BCUT2D eigenvalue weighted by Crippen LogP contribution is -2.48. The van der Waals surface area contributed by atoms with Crippen molar-refractivity contribution in [2.75, 3.05) is 98.7 Å². The molecule has 12 saturated heterocycles. The maximum absolute atomic E-state index is 12.3. The molecule has 0 aliphatic carbocycles. The highest BCUT2D eigenvalue weighted by Crippen LogP contribution is 2.37. The Balaban J connectivity index is 0.000000209. The number of aliphatic hydroxyl groups excluding tert-OH is 4. The Hall–Kier alpha value is -9.23. The Morgan fingerprint density at radius 1 is 0.442 bits per heavy atom. The summed E-state index contributed by atoms with van der Waals surface area (Å²) in [5.74, 6) is 2.64. The molecule has 0 unspecified atom stereocenters. The summed E-state index contributed by atoms with van der Waals surface area (Å²) in [5, 5.41) is 53.4. The lowest BCUT2D eigenvalue weighted by molar-refractivity contribution is -0.146. The highest BCUT2D eigenvalue weighted by Gasteiger charge is 2.55. The number of hydrogen-bond donors (Lipinski definition) is 8. The van der Waals surface area contributed by atoms with Gasteiger partial charge in [0.05, 0.1) is 95.1 Å². The van der Waals surface area contributed by atoms with Gasteiger partial charge in [0.1, 0.15) is 42.9 Å². The van der Waals surface area contributed by atoms with Crippen molar-refractivity contribution in [3.8, 4) is 0 Å². The standard InChI is InChI=1S/C13H20N4O4.2C11H18N2O3.C11H16N2O3.C10H16N4O7S.C10H16N2O4.C2H6N2O2/c1-3-5-21-17-11-7-16(13(17)19)9(4-2)6-10(11)15-20-8-12(14)18;3*1-3-5-16-13-9-7-12(11(13)15)8(4-2)6-10(9)14;1-2-6-3-7(12-20-5-9(11)15)8-4-13(6)10(16)14(8)21-22(17,18)19;1-2-3-16-12-8-5-11(10(12)15)7(6-13)4-9(8)14;3-2(5)1-6-4/h3,9,11H,1,4-8H2,2H3,(H2,14,18);2*3,8-10,14H,1,4-7H2,2H3;3,8-9H,1,4-7H2,2H3;6,8H,2-5H2,1H3,(H2,11,15)(H,17,18,19);2,7-9,13-14H,1,3-6H2;1,4H2,(H2,3,5)/p-1/t9-,11+;2*8-,9+,10+;8-,9+;6-,8+;7-,8-,9-;/m111110./s1. The van der Waals surface area contributed by atoms with E-state index in [1.165, 1.54) is 30.2 Å². The number of rotatable bonds is 31. The molecule has 15 amide bonds. The van der Waals surface area contributed by atoms with Gasteiger partial charge in [0, 0.05) is 69.1 Å². The third-order valence-electron chi connectivity index (χ3n) is 20.0. The zero-order valence-corrected chi connectivity index (χ0v) is 65.0. The Morgan fingerprint density at radius 3 is 1.04 bits per heavy atom. The van der Waals surface area contributed by atoms with Crippen LogP contribution in [0.3, 0.4) is 0 Å². The van der Waals surface area contributed by atoms with E-state index in [0.717, 1.165) is 25.7 Å². The zero-order valence-electron chi connectivity index (χ0n) is 64.2. The van der Waals surface area contributed by atoms with E-state index < -0.39 is 71.2 Å². The monoisotopic (exact) mass is 1630 g/mol. The molecule has 0 aromatic carbocycles. The molecule has 0 saturated carbocycles.